The number of aromatic hydroxyl groups is 1. The number of hydrazone groups is 1. The summed E-state index contributed by atoms with van der Waals surface area (Å²) < 4.78 is 10.2. The van der Waals surface area contributed by atoms with E-state index in [1.54, 1.807) is 17.5 Å². The largest absolute Gasteiger partial charge is 0.502 e. The lowest BCUT2D eigenvalue weighted by molar-refractivity contribution is 0.0951. The van der Waals surface area contributed by atoms with E-state index in [1.807, 2.05) is 12.1 Å². The molecule has 29 heavy (non-hydrogen) atoms. The first kappa shape index (κ1) is 20.3. The second kappa shape index (κ2) is 9.20. The van der Waals surface area contributed by atoms with Crippen LogP contribution in [0.3, 0.4) is 0 Å². The van der Waals surface area contributed by atoms with Gasteiger partial charge in [0.1, 0.15) is 10.7 Å². The molecule has 0 saturated carbocycles. The van der Waals surface area contributed by atoms with Crippen LogP contribution >= 0.6 is 11.3 Å². The van der Waals surface area contributed by atoms with Crippen molar-refractivity contribution in [2.45, 2.75) is 13.3 Å². The molecule has 0 aliphatic carbocycles. The number of hydrogen-bond donors (Lipinski definition) is 2. The van der Waals surface area contributed by atoms with Gasteiger partial charge in [-0.05, 0) is 24.1 Å². The van der Waals surface area contributed by atoms with Gasteiger partial charge in [-0.2, -0.15) is 5.10 Å². The van der Waals surface area contributed by atoms with E-state index >= 15 is 0 Å². The van der Waals surface area contributed by atoms with Crippen LogP contribution < -0.4 is 14.9 Å². The van der Waals surface area contributed by atoms with Crippen molar-refractivity contribution in [1.29, 1.82) is 0 Å². The fraction of sp³-hybridized carbons (Fsp3) is 0.190. The Labute approximate surface area is 172 Å². The molecule has 0 atom stereocenters. The van der Waals surface area contributed by atoms with Crippen LogP contribution in [0, 0.1) is 0 Å². The van der Waals surface area contributed by atoms with Gasteiger partial charge in [-0.1, -0.05) is 31.2 Å². The molecule has 0 fully saturated rings. The van der Waals surface area contributed by atoms with Gasteiger partial charge in [0, 0.05) is 16.5 Å². The molecule has 0 unspecified atom stereocenters. The Bertz CT molecular complexity index is 1000. The Morgan fingerprint density at radius 2 is 1.86 bits per heavy atom. The van der Waals surface area contributed by atoms with Crippen molar-refractivity contribution >= 4 is 23.5 Å². The van der Waals surface area contributed by atoms with Gasteiger partial charge in [0.15, 0.2) is 11.5 Å². The van der Waals surface area contributed by atoms with E-state index in [9.17, 15) is 9.90 Å². The Hall–Kier alpha value is -3.39. The van der Waals surface area contributed by atoms with Crippen molar-refractivity contribution in [2.24, 2.45) is 5.10 Å². The van der Waals surface area contributed by atoms with Gasteiger partial charge in [0.05, 0.1) is 20.4 Å². The lowest BCUT2D eigenvalue weighted by atomic mass is 10.1. The highest BCUT2D eigenvalue weighted by atomic mass is 32.1. The highest BCUT2D eigenvalue weighted by Gasteiger charge is 2.12. The van der Waals surface area contributed by atoms with E-state index in [1.165, 1.54) is 37.3 Å². The Morgan fingerprint density at radius 1 is 1.21 bits per heavy atom. The monoisotopic (exact) mass is 411 g/mol. The van der Waals surface area contributed by atoms with Crippen LogP contribution in [0.5, 0.6) is 17.2 Å². The first-order valence-electron chi connectivity index (χ1n) is 8.89. The number of aromatic nitrogens is 1. The molecule has 7 nitrogen and oxygen atoms in total. The summed E-state index contributed by atoms with van der Waals surface area (Å²) in [7, 11) is 2.87. The van der Waals surface area contributed by atoms with Crippen LogP contribution in [0.4, 0.5) is 0 Å². The molecule has 0 radical (unpaired) electrons. The highest BCUT2D eigenvalue weighted by molar-refractivity contribution is 7.13. The highest BCUT2D eigenvalue weighted by Crippen LogP contribution is 2.36. The third-order valence-corrected chi connectivity index (χ3v) is 5.12. The molecular weight excluding hydrogens is 390 g/mol. The summed E-state index contributed by atoms with van der Waals surface area (Å²) in [6.45, 7) is 2.10. The van der Waals surface area contributed by atoms with E-state index < -0.39 is 5.91 Å². The Balaban J connectivity index is 1.69. The third kappa shape index (κ3) is 4.72. The molecule has 0 bridgehead atoms. The molecule has 2 N–H and O–H groups in total. The van der Waals surface area contributed by atoms with Crippen LogP contribution in [0.15, 0.2) is 46.9 Å². The predicted octanol–water partition coefficient (Wildman–Crippen LogP) is 3.86. The lowest BCUT2D eigenvalue weighted by Crippen LogP contribution is -2.17. The second-order valence-corrected chi connectivity index (χ2v) is 6.92. The molecule has 1 heterocycles. The zero-order chi connectivity index (χ0) is 20.8. The first-order chi connectivity index (χ1) is 14.0. The molecular formula is C21H21N3O4S. The summed E-state index contributed by atoms with van der Waals surface area (Å²) in [4.78, 5) is 16.7. The first-order valence-corrected chi connectivity index (χ1v) is 9.77. The van der Waals surface area contributed by atoms with Crippen molar-refractivity contribution in [3.8, 4) is 27.8 Å². The maximum atomic E-state index is 12.3. The number of rotatable bonds is 7. The van der Waals surface area contributed by atoms with Gasteiger partial charge in [-0.3, -0.25) is 4.79 Å². The van der Waals surface area contributed by atoms with E-state index in [-0.39, 0.29) is 17.2 Å². The molecule has 8 heteroatoms. The molecule has 3 aromatic rings. The fourth-order valence-electron chi connectivity index (χ4n) is 2.60. The summed E-state index contributed by atoms with van der Waals surface area (Å²) >= 11 is 1.40. The van der Waals surface area contributed by atoms with Crippen molar-refractivity contribution in [1.82, 2.24) is 10.4 Å². The SMILES string of the molecule is CCc1ccc(-c2nc(C(=O)N/N=C/c3cc(OC)c(O)c(OC)c3)cs2)cc1. The van der Waals surface area contributed by atoms with Crippen LogP contribution in [0.2, 0.25) is 0 Å². The second-order valence-electron chi connectivity index (χ2n) is 6.06. The molecule has 150 valence electrons. The average molecular weight is 411 g/mol. The third-order valence-electron chi connectivity index (χ3n) is 4.23. The molecule has 0 saturated heterocycles. The van der Waals surface area contributed by atoms with E-state index in [0.29, 0.717) is 11.3 Å². The normalized spacial score (nSPS) is 10.9. The van der Waals surface area contributed by atoms with Crippen LogP contribution in [0.25, 0.3) is 10.6 Å². The predicted molar refractivity (Wildman–Crippen MR) is 113 cm³/mol. The van der Waals surface area contributed by atoms with Gasteiger partial charge in [-0.15, -0.1) is 11.3 Å². The lowest BCUT2D eigenvalue weighted by Gasteiger charge is -2.09. The topological polar surface area (TPSA) is 93.0 Å². The Morgan fingerprint density at radius 3 is 2.45 bits per heavy atom. The summed E-state index contributed by atoms with van der Waals surface area (Å²) in [5.74, 6) is -0.0180. The fourth-order valence-corrected chi connectivity index (χ4v) is 3.41. The standard InChI is InChI=1S/C21H21N3O4S/c1-4-13-5-7-15(8-6-13)21-23-16(12-29-21)20(26)24-22-11-14-9-17(27-2)19(25)18(10-14)28-3/h5-12,25H,4H2,1-3H3,(H,24,26)/b22-11+. The van der Waals surface area contributed by atoms with Crippen molar-refractivity contribution in [3.05, 3.63) is 58.6 Å². The number of carbonyl (C=O) groups excluding carboxylic acids is 1. The number of carbonyl (C=O) groups is 1. The van der Waals surface area contributed by atoms with Crippen molar-refractivity contribution < 1.29 is 19.4 Å². The number of nitrogens with zero attached hydrogens (tertiary/aromatic N) is 2. The van der Waals surface area contributed by atoms with E-state index in [4.69, 9.17) is 9.47 Å². The quantitative estimate of drug-likeness (QED) is 0.455. The summed E-state index contributed by atoms with van der Waals surface area (Å²) in [6.07, 6.45) is 2.40. The smallest absolute Gasteiger partial charge is 0.290 e. The van der Waals surface area contributed by atoms with E-state index in [0.717, 1.165) is 17.0 Å². The summed E-state index contributed by atoms with van der Waals surface area (Å²) in [6, 6.07) is 11.3. The minimum atomic E-state index is -0.411. The Kier molecular flexibility index (Phi) is 6.46. The number of aryl methyl sites for hydroxylation is 1. The molecule has 1 amide bonds. The molecule has 0 aliphatic rings. The number of hydrogen-bond acceptors (Lipinski definition) is 7. The molecule has 0 aliphatic heterocycles. The van der Waals surface area contributed by atoms with Gasteiger partial charge in [-0.25, -0.2) is 10.4 Å². The van der Waals surface area contributed by atoms with Crippen LogP contribution in [-0.4, -0.2) is 36.4 Å². The van der Waals surface area contributed by atoms with E-state index in [2.05, 4.69) is 34.6 Å². The molecule has 2 aromatic carbocycles. The molecule has 3 rings (SSSR count). The number of ether oxygens (including phenoxy) is 2. The van der Waals surface area contributed by atoms with Crippen LogP contribution in [0.1, 0.15) is 28.5 Å². The van der Waals surface area contributed by atoms with Crippen LogP contribution in [-0.2, 0) is 6.42 Å². The van der Waals surface area contributed by atoms with Crippen molar-refractivity contribution in [2.75, 3.05) is 14.2 Å². The molecule has 0 spiro atoms. The van der Waals surface area contributed by atoms with Crippen molar-refractivity contribution in [3.63, 3.8) is 0 Å². The zero-order valence-electron chi connectivity index (χ0n) is 16.3. The summed E-state index contributed by atoms with van der Waals surface area (Å²) in [5.41, 5.74) is 5.55. The maximum absolute atomic E-state index is 12.3. The number of phenolic OH excluding ortho intramolecular Hbond substituents is 1. The van der Waals surface area contributed by atoms with Gasteiger partial charge in [0.2, 0.25) is 5.75 Å². The average Bonchev–Trinajstić information content (AvgIpc) is 3.25. The minimum absolute atomic E-state index is 0.0989. The maximum Gasteiger partial charge on any atom is 0.290 e. The van der Waals surface area contributed by atoms with Gasteiger partial charge in [0.25, 0.3) is 5.91 Å². The number of thiazole rings is 1. The number of benzene rings is 2. The minimum Gasteiger partial charge on any atom is -0.502 e. The van der Waals surface area contributed by atoms with Gasteiger partial charge < -0.3 is 14.6 Å². The van der Waals surface area contributed by atoms with Gasteiger partial charge >= 0.3 is 0 Å². The number of nitrogens with one attached hydrogen (secondary N) is 1. The number of phenols is 1. The number of amides is 1. The molecule has 1 aromatic heterocycles. The summed E-state index contributed by atoms with van der Waals surface area (Å²) in [5, 5.41) is 16.3. The number of methoxy groups -OCH3 is 2. The zero-order valence-corrected chi connectivity index (χ0v) is 17.1.